The maximum absolute atomic E-state index is 15.2. The summed E-state index contributed by atoms with van der Waals surface area (Å²) >= 11 is 0. The van der Waals surface area contributed by atoms with Gasteiger partial charge in [-0.3, -0.25) is 9.59 Å². The Morgan fingerprint density at radius 2 is 0.695 bits per heavy atom. The monoisotopic (exact) mass is 772 g/mol. The highest BCUT2D eigenvalue weighted by Gasteiger charge is 2.59. The van der Waals surface area contributed by atoms with Crippen molar-refractivity contribution in [3.05, 3.63) is 240 Å². The molecule has 0 aromatic heterocycles. The third-order valence-electron chi connectivity index (χ3n) is 12.1. The third-order valence-corrected chi connectivity index (χ3v) is 12.1. The SMILES string of the molecule is O=C(N[C@@H](c1cccc2ccccc12)C(O)(c1ccccc1)c1ccccc1)C1(C(=O)N[C@@H](c2cccc3ccccc23)C(O)(c2ccccc2)c2ccccc2)CC1. The van der Waals surface area contributed by atoms with E-state index in [0.29, 0.717) is 46.2 Å². The lowest BCUT2D eigenvalue weighted by Gasteiger charge is -2.40. The van der Waals surface area contributed by atoms with E-state index < -0.39 is 40.5 Å². The molecule has 1 fully saturated rings. The predicted octanol–water partition coefficient (Wildman–Crippen LogP) is 9.66. The summed E-state index contributed by atoms with van der Waals surface area (Å²) in [5.74, 6) is -1.00. The molecule has 2 amide bonds. The van der Waals surface area contributed by atoms with E-state index in [1.165, 1.54) is 0 Å². The standard InChI is InChI=1S/C53H44N2O4/c56-49(54-47(45-33-17-21-37-19-13-15-31-43(37)45)52(58,39-23-5-1-6-24-39)40-25-7-2-8-26-40)51(35-36-51)50(57)55-48(46-34-18-22-38-20-14-16-32-44(38)46)53(59,41-27-9-3-10-28-41)42-29-11-4-12-30-42/h1-34,47-48,58-59H,35-36H2,(H,54,56)(H,55,57)/t47-,48-/m0/s1. The normalized spacial score (nSPS) is 14.6. The molecular formula is C53H44N2O4. The van der Waals surface area contributed by atoms with Crippen LogP contribution in [0.3, 0.4) is 0 Å². The molecule has 0 radical (unpaired) electrons. The Morgan fingerprint density at radius 3 is 1.02 bits per heavy atom. The number of hydrogen-bond donors (Lipinski definition) is 4. The highest BCUT2D eigenvalue weighted by atomic mass is 16.3. The molecule has 0 unspecified atom stereocenters. The Balaban J connectivity index is 1.17. The second-order valence-electron chi connectivity index (χ2n) is 15.5. The molecule has 0 aliphatic heterocycles. The minimum atomic E-state index is -1.75. The van der Waals surface area contributed by atoms with Gasteiger partial charge in [0.15, 0.2) is 0 Å². The van der Waals surface area contributed by atoms with Gasteiger partial charge in [0, 0.05) is 0 Å². The van der Waals surface area contributed by atoms with Crippen molar-refractivity contribution in [3.8, 4) is 0 Å². The number of aliphatic hydroxyl groups is 2. The van der Waals surface area contributed by atoms with Gasteiger partial charge in [-0.15, -0.1) is 0 Å². The number of rotatable bonds is 12. The molecule has 1 saturated carbocycles. The van der Waals surface area contributed by atoms with Crippen LogP contribution in [0.2, 0.25) is 0 Å². The van der Waals surface area contributed by atoms with Gasteiger partial charge < -0.3 is 20.8 Å². The average molecular weight is 773 g/mol. The summed E-state index contributed by atoms with van der Waals surface area (Å²) in [4.78, 5) is 30.3. The molecule has 0 heterocycles. The first-order valence-electron chi connectivity index (χ1n) is 20.1. The molecule has 0 spiro atoms. The molecule has 1 aliphatic rings. The van der Waals surface area contributed by atoms with Crippen LogP contribution in [0.1, 0.15) is 58.3 Å². The summed E-state index contributed by atoms with van der Waals surface area (Å²) in [6.07, 6.45) is 0.582. The van der Waals surface area contributed by atoms with Gasteiger partial charge in [0.25, 0.3) is 0 Å². The Labute approximate surface area is 343 Å². The third kappa shape index (κ3) is 6.66. The van der Waals surface area contributed by atoms with E-state index in [0.717, 1.165) is 21.5 Å². The van der Waals surface area contributed by atoms with Crippen LogP contribution in [0.15, 0.2) is 206 Å². The van der Waals surface area contributed by atoms with Gasteiger partial charge >= 0.3 is 0 Å². The first-order valence-corrected chi connectivity index (χ1v) is 20.1. The van der Waals surface area contributed by atoms with Crippen LogP contribution in [-0.4, -0.2) is 22.0 Å². The molecular weight excluding hydrogens is 729 g/mol. The number of carbonyl (C=O) groups excluding carboxylic acids is 2. The Hall–Kier alpha value is -6.86. The van der Waals surface area contributed by atoms with Crippen LogP contribution >= 0.6 is 0 Å². The lowest BCUT2D eigenvalue weighted by molar-refractivity contribution is -0.140. The second kappa shape index (κ2) is 15.5. The molecule has 290 valence electrons. The van der Waals surface area contributed by atoms with Crippen molar-refractivity contribution in [3.63, 3.8) is 0 Å². The molecule has 6 nitrogen and oxygen atoms in total. The fourth-order valence-electron chi connectivity index (χ4n) is 8.81. The van der Waals surface area contributed by atoms with E-state index in [1.807, 2.05) is 206 Å². The summed E-state index contributed by atoms with van der Waals surface area (Å²) < 4.78 is 0. The molecule has 0 bridgehead atoms. The molecule has 9 rings (SSSR count). The summed E-state index contributed by atoms with van der Waals surface area (Å²) in [5.41, 5.74) is -1.21. The fourth-order valence-corrected chi connectivity index (χ4v) is 8.81. The minimum absolute atomic E-state index is 0.291. The molecule has 0 saturated heterocycles. The maximum atomic E-state index is 15.2. The van der Waals surface area contributed by atoms with Gasteiger partial charge in [0.05, 0.1) is 12.1 Å². The maximum Gasteiger partial charge on any atom is 0.236 e. The van der Waals surface area contributed by atoms with Crippen molar-refractivity contribution in [2.75, 3.05) is 0 Å². The van der Waals surface area contributed by atoms with Gasteiger partial charge in [-0.1, -0.05) is 206 Å². The summed E-state index contributed by atoms with van der Waals surface area (Å²) in [7, 11) is 0. The average Bonchev–Trinajstić information content (AvgIpc) is 4.13. The Morgan fingerprint density at radius 1 is 0.407 bits per heavy atom. The zero-order valence-corrected chi connectivity index (χ0v) is 32.4. The zero-order chi connectivity index (χ0) is 40.5. The van der Waals surface area contributed by atoms with Crippen molar-refractivity contribution < 1.29 is 19.8 Å². The van der Waals surface area contributed by atoms with Crippen molar-refractivity contribution in [2.24, 2.45) is 5.41 Å². The number of carbonyl (C=O) groups is 2. The number of nitrogens with one attached hydrogen (secondary N) is 2. The van der Waals surface area contributed by atoms with E-state index in [1.54, 1.807) is 0 Å². The van der Waals surface area contributed by atoms with E-state index in [4.69, 9.17) is 0 Å². The second-order valence-corrected chi connectivity index (χ2v) is 15.5. The van der Waals surface area contributed by atoms with Crippen LogP contribution < -0.4 is 10.6 Å². The van der Waals surface area contributed by atoms with E-state index in [9.17, 15) is 10.2 Å². The zero-order valence-electron chi connectivity index (χ0n) is 32.4. The first-order chi connectivity index (χ1) is 28.8. The minimum Gasteiger partial charge on any atom is -0.378 e. The Bertz CT molecular complexity index is 2470. The lowest BCUT2D eigenvalue weighted by atomic mass is 9.75. The number of hydrogen-bond acceptors (Lipinski definition) is 4. The highest BCUT2D eigenvalue weighted by Crippen LogP contribution is 2.51. The van der Waals surface area contributed by atoms with Crippen molar-refractivity contribution in [1.82, 2.24) is 10.6 Å². The van der Waals surface area contributed by atoms with Crippen LogP contribution in [0.25, 0.3) is 21.5 Å². The predicted molar refractivity (Wildman–Crippen MR) is 233 cm³/mol. The summed E-state index contributed by atoms with van der Waals surface area (Å²) in [6.45, 7) is 0. The molecule has 8 aromatic rings. The van der Waals surface area contributed by atoms with Gasteiger partial charge in [-0.05, 0) is 67.8 Å². The lowest BCUT2D eigenvalue weighted by Crippen LogP contribution is -2.52. The summed E-state index contributed by atoms with van der Waals surface area (Å²) in [6, 6.07) is 62.9. The van der Waals surface area contributed by atoms with Crippen molar-refractivity contribution in [1.29, 1.82) is 0 Å². The van der Waals surface area contributed by atoms with E-state index in [-0.39, 0.29) is 0 Å². The van der Waals surface area contributed by atoms with Gasteiger partial charge in [-0.25, -0.2) is 0 Å². The van der Waals surface area contributed by atoms with E-state index in [2.05, 4.69) is 10.6 Å². The quantitative estimate of drug-likeness (QED) is 0.0931. The number of fused-ring (bicyclic) bond motifs is 2. The molecule has 6 heteroatoms. The molecule has 1 aliphatic carbocycles. The molecule has 8 aromatic carbocycles. The molecule has 2 atom stereocenters. The van der Waals surface area contributed by atoms with Crippen molar-refractivity contribution >= 4 is 33.4 Å². The molecule has 4 N–H and O–H groups in total. The van der Waals surface area contributed by atoms with Gasteiger partial charge in [-0.2, -0.15) is 0 Å². The van der Waals surface area contributed by atoms with Gasteiger partial charge in [0.1, 0.15) is 16.6 Å². The molecule has 59 heavy (non-hydrogen) atoms. The van der Waals surface area contributed by atoms with E-state index >= 15 is 9.59 Å². The number of benzene rings is 8. The van der Waals surface area contributed by atoms with Gasteiger partial charge in [0.2, 0.25) is 11.8 Å². The topological polar surface area (TPSA) is 98.7 Å². The van der Waals surface area contributed by atoms with Crippen LogP contribution in [0, 0.1) is 5.41 Å². The van der Waals surface area contributed by atoms with Crippen LogP contribution in [-0.2, 0) is 20.8 Å². The summed E-state index contributed by atoms with van der Waals surface area (Å²) in [5, 5.41) is 36.8. The largest absolute Gasteiger partial charge is 0.378 e. The number of amides is 2. The Kier molecular flexibility index (Phi) is 9.89. The smallest absolute Gasteiger partial charge is 0.236 e. The van der Waals surface area contributed by atoms with Crippen molar-refractivity contribution in [2.45, 2.75) is 36.1 Å². The highest BCUT2D eigenvalue weighted by molar-refractivity contribution is 6.08. The fraction of sp³-hybridized carbons (Fsp3) is 0.132. The van der Waals surface area contributed by atoms with Crippen LogP contribution in [0.5, 0.6) is 0 Å². The van der Waals surface area contributed by atoms with Crippen LogP contribution in [0.4, 0.5) is 0 Å². The first kappa shape index (κ1) is 37.7.